The number of benzene rings is 2. The lowest BCUT2D eigenvalue weighted by Gasteiger charge is -2.39. The van der Waals surface area contributed by atoms with Crippen LogP contribution in [0.1, 0.15) is 25.3 Å². The van der Waals surface area contributed by atoms with Crippen molar-refractivity contribution in [3.05, 3.63) is 65.7 Å². The fraction of sp³-hybridized carbons (Fsp3) is 0.364. The zero-order chi connectivity index (χ0) is 20.9. The zero-order valence-electron chi connectivity index (χ0n) is 16.3. The number of halogens is 2. The number of likely N-dealkylation sites (tertiary alicyclic amines) is 1. The standard InChI is InChI=1S/C22H24F2N2O3/c1-22(21(28)25-13-16-4-2-5-18(24)12-16)10-3-11-26(15-22)20(27)14-29-19-8-6-17(23)7-9-19/h2,4-9,12H,3,10-11,13-15H2,1H3,(H,25,28). The van der Waals surface area contributed by atoms with Gasteiger partial charge in [-0.15, -0.1) is 0 Å². The summed E-state index contributed by atoms with van der Waals surface area (Å²) >= 11 is 0. The van der Waals surface area contributed by atoms with Gasteiger partial charge in [-0.1, -0.05) is 12.1 Å². The minimum atomic E-state index is -0.725. The molecule has 3 rings (SSSR count). The molecule has 0 saturated carbocycles. The number of hydrogen-bond donors (Lipinski definition) is 1. The van der Waals surface area contributed by atoms with Crippen LogP contribution in [0.3, 0.4) is 0 Å². The number of piperidine rings is 1. The van der Waals surface area contributed by atoms with Crippen LogP contribution in [0.4, 0.5) is 8.78 Å². The Hall–Kier alpha value is -2.96. The molecule has 1 heterocycles. The van der Waals surface area contributed by atoms with Crippen molar-refractivity contribution in [2.45, 2.75) is 26.3 Å². The Bertz CT molecular complexity index is 873. The SMILES string of the molecule is CC1(C(=O)NCc2cccc(F)c2)CCCN(C(=O)COc2ccc(F)cc2)C1. The summed E-state index contributed by atoms with van der Waals surface area (Å²) in [6.07, 6.45) is 1.36. The molecule has 1 aliphatic rings. The first kappa shape index (κ1) is 20.8. The van der Waals surface area contributed by atoms with Crippen LogP contribution in [0.5, 0.6) is 5.75 Å². The summed E-state index contributed by atoms with van der Waals surface area (Å²) in [5.74, 6) is -0.706. The Morgan fingerprint density at radius 3 is 2.62 bits per heavy atom. The molecule has 0 bridgehead atoms. The molecule has 1 N–H and O–H groups in total. The Balaban J connectivity index is 1.54. The second-order valence-electron chi connectivity index (χ2n) is 7.53. The number of hydrogen-bond acceptors (Lipinski definition) is 3. The molecule has 2 amide bonds. The number of nitrogens with zero attached hydrogens (tertiary/aromatic N) is 1. The molecule has 0 spiro atoms. The van der Waals surface area contributed by atoms with E-state index >= 15 is 0 Å². The van der Waals surface area contributed by atoms with Crippen LogP contribution in [-0.2, 0) is 16.1 Å². The number of amides is 2. The summed E-state index contributed by atoms with van der Waals surface area (Å²) in [5.41, 5.74) is -0.0460. The van der Waals surface area contributed by atoms with E-state index in [0.29, 0.717) is 30.7 Å². The van der Waals surface area contributed by atoms with Crippen LogP contribution in [0.15, 0.2) is 48.5 Å². The Morgan fingerprint density at radius 1 is 1.14 bits per heavy atom. The molecule has 1 fully saturated rings. The van der Waals surface area contributed by atoms with Crippen molar-refractivity contribution in [2.75, 3.05) is 19.7 Å². The van der Waals surface area contributed by atoms with Gasteiger partial charge >= 0.3 is 0 Å². The minimum Gasteiger partial charge on any atom is -0.484 e. The summed E-state index contributed by atoms with van der Waals surface area (Å²) in [5, 5.41) is 2.85. The van der Waals surface area contributed by atoms with Crippen molar-refractivity contribution < 1.29 is 23.1 Å². The third-order valence-corrected chi connectivity index (χ3v) is 5.12. The van der Waals surface area contributed by atoms with Crippen LogP contribution in [-0.4, -0.2) is 36.4 Å². The van der Waals surface area contributed by atoms with E-state index in [-0.39, 0.29) is 43.1 Å². The summed E-state index contributed by atoms with van der Waals surface area (Å²) < 4.78 is 31.7. The third-order valence-electron chi connectivity index (χ3n) is 5.12. The average molecular weight is 402 g/mol. The lowest BCUT2D eigenvalue weighted by molar-refractivity contribution is -0.142. The Morgan fingerprint density at radius 2 is 1.90 bits per heavy atom. The highest BCUT2D eigenvalue weighted by Gasteiger charge is 2.39. The first-order chi connectivity index (χ1) is 13.9. The van der Waals surface area contributed by atoms with E-state index in [2.05, 4.69) is 5.32 Å². The summed E-state index contributed by atoms with van der Waals surface area (Å²) in [6, 6.07) is 11.5. The maximum Gasteiger partial charge on any atom is 0.260 e. The Kier molecular flexibility index (Phi) is 6.46. The molecular weight excluding hydrogens is 378 g/mol. The van der Waals surface area contributed by atoms with Crippen molar-refractivity contribution in [3.63, 3.8) is 0 Å². The predicted molar refractivity (Wildman–Crippen MR) is 104 cm³/mol. The van der Waals surface area contributed by atoms with Crippen LogP contribution < -0.4 is 10.1 Å². The van der Waals surface area contributed by atoms with Crippen molar-refractivity contribution >= 4 is 11.8 Å². The van der Waals surface area contributed by atoms with Gasteiger partial charge in [0.1, 0.15) is 17.4 Å². The largest absolute Gasteiger partial charge is 0.484 e. The fourth-order valence-electron chi connectivity index (χ4n) is 3.45. The highest BCUT2D eigenvalue weighted by atomic mass is 19.1. The molecule has 154 valence electrons. The number of nitrogens with one attached hydrogen (secondary N) is 1. The van der Waals surface area contributed by atoms with Gasteiger partial charge in [-0.2, -0.15) is 0 Å². The van der Waals surface area contributed by atoms with Gasteiger partial charge in [-0.05, 0) is 61.7 Å². The highest BCUT2D eigenvalue weighted by Crippen LogP contribution is 2.30. The number of rotatable bonds is 6. The molecule has 7 heteroatoms. The van der Waals surface area contributed by atoms with Gasteiger partial charge < -0.3 is 15.0 Å². The van der Waals surface area contributed by atoms with Crippen LogP contribution in [0, 0.1) is 17.0 Å². The van der Waals surface area contributed by atoms with Gasteiger partial charge in [-0.3, -0.25) is 9.59 Å². The summed E-state index contributed by atoms with van der Waals surface area (Å²) in [6.45, 7) is 2.72. The van der Waals surface area contributed by atoms with E-state index in [4.69, 9.17) is 4.74 Å². The van der Waals surface area contributed by atoms with Gasteiger partial charge in [0.25, 0.3) is 5.91 Å². The molecule has 0 aliphatic carbocycles. The lowest BCUT2D eigenvalue weighted by atomic mass is 9.81. The molecule has 2 aromatic rings. The minimum absolute atomic E-state index is 0.168. The number of carbonyl (C=O) groups is 2. The molecular formula is C22H24F2N2O3. The van der Waals surface area contributed by atoms with Gasteiger partial charge in [0.2, 0.25) is 5.91 Å². The fourth-order valence-corrected chi connectivity index (χ4v) is 3.45. The van der Waals surface area contributed by atoms with Crippen molar-refractivity contribution in [1.82, 2.24) is 10.2 Å². The second-order valence-corrected chi connectivity index (χ2v) is 7.53. The molecule has 1 aliphatic heterocycles. The maximum absolute atomic E-state index is 13.3. The summed E-state index contributed by atoms with van der Waals surface area (Å²) in [4.78, 5) is 26.9. The van der Waals surface area contributed by atoms with E-state index in [0.717, 1.165) is 0 Å². The normalized spacial score (nSPS) is 18.9. The molecule has 1 saturated heterocycles. The maximum atomic E-state index is 13.3. The quantitative estimate of drug-likeness (QED) is 0.807. The van der Waals surface area contributed by atoms with E-state index in [1.165, 1.54) is 36.4 Å². The molecule has 0 aromatic heterocycles. The van der Waals surface area contributed by atoms with Gasteiger partial charge in [0, 0.05) is 19.6 Å². The van der Waals surface area contributed by atoms with Crippen LogP contribution in [0.25, 0.3) is 0 Å². The number of ether oxygens (including phenoxy) is 1. The van der Waals surface area contributed by atoms with Crippen molar-refractivity contribution in [1.29, 1.82) is 0 Å². The van der Waals surface area contributed by atoms with Crippen molar-refractivity contribution in [3.8, 4) is 5.75 Å². The van der Waals surface area contributed by atoms with E-state index in [1.54, 1.807) is 17.0 Å². The number of carbonyl (C=O) groups excluding carboxylic acids is 2. The molecule has 1 unspecified atom stereocenters. The van der Waals surface area contributed by atoms with E-state index in [1.807, 2.05) is 6.92 Å². The molecule has 2 aromatic carbocycles. The molecule has 29 heavy (non-hydrogen) atoms. The second kappa shape index (κ2) is 9.03. The first-order valence-electron chi connectivity index (χ1n) is 9.55. The topological polar surface area (TPSA) is 58.6 Å². The van der Waals surface area contributed by atoms with Crippen LogP contribution >= 0.6 is 0 Å². The predicted octanol–water partition coefficient (Wildman–Crippen LogP) is 3.29. The van der Waals surface area contributed by atoms with E-state index in [9.17, 15) is 18.4 Å². The van der Waals surface area contributed by atoms with E-state index < -0.39 is 5.41 Å². The van der Waals surface area contributed by atoms with Crippen molar-refractivity contribution in [2.24, 2.45) is 5.41 Å². The molecule has 5 nitrogen and oxygen atoms in total. The highest BCUT2D eigenvalue weighted by molar-refractivity contribution is 5.84. The van der Waals surface area contributed by atoms with Gasteiger partial charge in [0.15, 0.2) is 6.61 Å². The molecule has 1 atom stereocenters. The van der Waals surface area contributed by atoms with Gasteiger partial charge in [0.05, 0.1) is 5.41 Å². The Labute approximate surface area is 168 Å². The average Bonchev–Trinajstić information content (AvgIpc) is 2.71. The lowest BCUT2D eigenvalue weighted by Crippen LogP contribution is -2.52. The summed E-state index contributed by atoms with van der Waals surface area (Å²) in [7, 11) is 0. The van der Waals surface area contributed by atoms with Gasteiger partial charge in [-0.25, -0.2) is 8.78 Å². The molecule has 0 radical (unpaired) electrons. The smallest absolute Gasteiger partial charge is 0.260 e. The first-order valence-corrected chi connectivity index (χ1v) is 9.55. The third kappa shape index (κ3) is 5.53. The zero-order valence-corrected chi connectivity index (χ0v) is 16.3. The monoisotopic (exact) mass is 402 g/mol. The van der Waals surface area contributed by atoms with Crippen LogP contribution in [0.2, 0.25) is 0 Å².